The minimum atomic E-state index is -0.187. The van der Waals surface area contributed by atoms with Crippen molar-refractivity contribution in [2.45, 2.75) is 50.7 Å². The summed E-state index contributed by atoms with van der Waals surface area (Å²) in [7, 11) is 1.97. The minimum absolute atomic E-state index is 0.187. The Balaban J connectivity index is 1.86. The molecule has 1 aromatic rings. The van der Waals surface area contributed by atoms with Crippen molar-refractivity contribution in [3.8, 4) is 0 Å². The van der Waals surface area contributed by atoms with E-state index < -0.39 is 0 Å². The first kappa shape index (κ1) is 15.9. The van der Waals surface area contributed by atoms with Gasteiger partial charge >= 0.3 is 0 Å². The second-order valence-electron chi connectivity index (χ2n) is 5.47. The van der Waals surface area contributed by atoms with Gasteiger partial charge in [-0.15, -0.1) is 0 Å². The van der Waals surface area contributed by atoms with E-state index in [2.05, 4.69) is 21.2 Å². The highest BCUT2D eigenvalue weighted by Crippen LogP contribution is 2.23. The second kappa shape index (κ2) is 8.11. The fourth-order valence-electron chi connectivity index (χ4n) is 2.74. The maximum atomic E-state index is 13.5. The minimum Gasteiger partial charge on any atom is -0.378 e. The topological polar surface area (TPSA) is 21.3 Å². The lowest BCUT2D eigenvalue weighted by Crippen LogP contribution is -2.30. The molecule has 112 valence electrons. The van der Waals surface area contributed by atoms with Gasteiger partial charge in [0.1, 0.15) is 5.82 Å². The van der Waals surface area contributed by atoms with Crippen molar-refractivity contribution >= 4 is 15.9 Å². The zero-order chi connectivity index (χ0) is 14.4. The van der Waals surface area contributed by atoms with E-state index in [4.69, 9.17) is 4.74 Å². The summed E-state index contributed by atoms with van der Waals surface area (Å²) in [5, 5.41) is 3.34. The molecule has 2 nitrogen and oxygen atoms in total. The summed E-state index contributed by atoms with van der Waals surface area (Å²) in [5.74, 6) is -0.187. The van der Waals surface area contributed by atoms with Crippen LogP contribution in [-0.4, -0.2) is 25.8 Å². The predicted molar refractivity (Wildman–Crippen MR) is 83.5 cm³/mol. The Labute approximate surface area is 129 Å². The molecule has 1 saturated heterocycles. The van der Waals surface area contributed by atoms with E-state index in [0.29, 0.717) is 16.6 Å². The number of hydrogen-bond acceptors (Lipinski definition) is 2. The van der Waals surface area contributed by atoms with Crippen LogP contribution in [0.15, 0.2) is 22.7 Å². The van der Waals surface area contributed by atoms with Gasteiger partial charge in [0.2, 0.25) is 0 Å². The number of benzene rings is 1. The number of ether oxygens (including phenoxy) is 1. The summed E-state index contributed by atoms with van der Waals surface area (Å²) in [4.78, 5) is 0. The average molecular weight is 344 g/mol. The molecule has 2 atom stereocenters. The van der Waals surface area contributed by atoms with Crippen LogP contribution in [0.5, 0.6) is 0 Å². The predicted octanol–water partition coefficient (Wildman–Crippen LogP) is 4.07. The standard InChI is InChI=1S/C16H23BrFNO/c1-19-13(8-9-14-6-2-3-10-20-14)11-12-5-4-7-15(18)16(12)17/h4-5,7,13-14,19H,2-3,6,8-11H2,1H3. The van der Waals surface area contributed by atoms with E-state index in [1.165, 1.54) is 25.3 Å². The van der Waals surface area contributed by atoms with E-state index >= 15 is 0 Å². The Morgan fingerprint density at radius 2 is 2.30 bits per heavy atom. The second-order valence-corrected chi connectivity index (χ2v) is 6.26. The van der Waals surface area contributed by atoms with Crippen LogP contribution in [0.4, 0.5) is 4.39 Å². The maximum Gasteiger partial charge on any atom is 0.137 e. The molecule has 1 aliphatic heterocycles. The maximum absolute atomic E-state index is 13.5. The fraction of sp³-hybridized carbons (Fsp3) is 0.625. The summed E-state index contributed by atoms with van der Waals surface area (Å²) in [6.07, 6.45) is 7.05. The monoisotopic (exact) mass is 343 g/mol. The first-order chi connectivity index (χ1) is 9.70. The number of likely N-dealkylation sites (N-methyl/N-ethyl adjacent to an activating group) is 1. The van der Waals surface area contributed by atoms with Gasteiger partial charge in [0, 0.05) is 12.6 Å². The molecule has 1 N–H and O–H groups in total. The summed E-state index contributed by atoms with van der Waals surface area (Å²) in [6, 6.07) is 5.59. The van der Waals surface area contributed by atoms with Crippen LogP contribution in [-0.2, 0) is 11.2 Å². The van der Waals surface area contributed by atoms with Crippen molar-refractivity contribution in [3.63, 3.8) is 0 Å². The smallest absolute Gasteiger partial charge is 0.137 e. The Kier molecular flexibility index (Phi) is 6.46. The SMILES string of the molecule is CNC(CCC1CCCCO1)Cc1cccc(F)c1Br. The summed E-state index contributed by atoms with van der Waals surface area (Å²) >= 11 is 3.34. The van der Waals surface area contributed by atoms with Crippen molar-refractivity contribution in [1.82, 2.24) is 5.32 Å². The molecule has 0 spiro atoms. The van der Waals surface area contributed by atoms with Crippen LogP contribution in [0.2, 0.25) is 0 Å². The van der Waals surface area contributed by atoms with Gasteiger partial charge in [-0.25, -0.2) is 4.39 Å². The van der Waals surface area contributed by atoms with Gasteiger partial charge < -0.3 is 10.1 Å². The molecular formula is C16H23BrFNO. The molecule has 0 aliphatic carbocycles. The summed E-state index contributed by atoms with van der Waals surface area (Å²) in [5.41, 5.74) is 1.02. The van der Waals surface area contributed by atoms with E-state index in [1.54, 1.807) is 6.07 Å². The molecule has 0 saturated carbocycles. The van der Waals surface area contributed by atoms with Crippen LogP contribution in [0.1, 0.15) is 37.7 Å². The van der Waals surface area contributed by atoms with Gasteiger partial charge in [-0.3, -0.25) is 0 Å². The number of rotatable bonds is 6. The van der Waals surface area contributed by atoms with E-state index in [9.17, 15) is 4.39 Å². The highest BCUT2D eigenvalue weighted by Gasteiger charge is 2.17. The largest absolute Gasteiger partial charge is 0.378 e. The third-order valence-corrected chi connectivity index (χ3v) is 4.91. The molecule has 1 aromatic carbocycles. The fourth-order valence-corrected chi connectivity index (χ4v) is 3.17. The van der Waals surface area contributed by atoms with Crippen LogP contribution >= 0.6 is 15.9 Å². The van der Waals surface area contributed by atoms with Crippen LogP contribution in [0.3, 0.4) is 0 Å². The van der Waals surface area contributed by atoms with Gasteiger partial charge in [0.25, 0.3) is 0 Å². The lowest BCUT2D eigenvalue weighted by molar-refractivity contribution is 0.00870. The molecule has 4 heteroatoms. The normalized spacial score (nSPS) is 20.9. The van der Waals surface area contributed by atoms with Gasteiger partial charge in [-0.2, -0.15) is 0 Å². The molecule has 20 heavy (non-hydrogen) atoms. The van der Waals surface area contributed by atoms with Gasteiger partial charge in [-0.1, -0.05) is 12.1 Å². The molecule has 0 aromatic heterocycles. The third kappa shape index (κ3) is 4.54. The number of hydrogen-bond donors (Lipinski definition) is 1. The molecule has 0 amide bonds. The molecule has 1 heterocycles. The lowest BCUT2D eigenvalue weighted by Gasteiger charge is -2.25. The third-order valence-electron chi connectivity index (χ3n) is 4.02. The first-order valence-corrected chi connectivity index (χ1v) is 8.21. The summed E-state index contributed by atoms with van der Waals surface area (Å²) in [6.45, 7) is 0.907. The van der Waals surface area contributed by atoms with Crippen molar-refractivity contribution in [3.05, 3.63) is 34.1 Å². The zero-order valence-corrected chi connectivity index (χ0v) is 13.6. The van der Waals surface area contributed by atoms with E-state index in [0.717, 1.165) is 31.4 Å². The van der Waals surface area contributed by atoms with E-state index in [1.807, 2.05) is 13.1 Å². The van der Waals surface area contributed by atoms with E-state index in [-0.39, 0.29) is 5.82 Å². The molecule has 2 unspecified atom stereocenters. The molecule has 2 rings (SSSR count). The lowest BCUT2D eigenvalue weighted by atomic mass is 9.97. The summed E-state index contributed by atoms with van der Waals surface area (Å²) < 4.78 is 19.9. The highest BCUT2D eigenvalue weighted by molar-refractivity contribution is 9.10. The van der Waals surface area contributed by atoms with Crippen molar-refractivity contribution in [1.29, 1.82) is 0 Å². The highest BCUT2D eigenvalue weighted by atomic mass is 79.9. The van der Waals surface area contributed by atoms with Crippen LogP contribution in [0, 0.1) is 5.82 Å². The average Bonchev–Trinajstić information content (AvgIpc) is 2.49. The van der Waals surface area contributed by atoms with Gasteiger partial charge in [0.15, 0.2) is 0 Å². The Bertz CT molecular complexity index is 421. The number of halogens is 2. The van der Waals surface area contributed by atoms with Gasteiger partial charge in [0.05, 0.1) is 10.6 Å². The Morgan fingerprint density at radius 3 is 3.00 bits per heavy atom. The van der Waals surface area contributed by atoms with Gasteiger partial charge in [-0.05, 0) is 73.1 Å². The molecule has 0 bridgehead atoms. The van der Waals surface area contributed by atoms with Crippen molar-refractivity contribution in [2.24, 2.45) is 0 Å². The quantitative estimate of drug-likeness (QED) is 0.840. The molecular weight excluding hydrogens is 321 g/mol. The van der Waals surface area contributed by atoms with Crippen molar-refractivity contribution < 1.29 is 9.13 Å². The van der Waals surface area contributed by atoms with Crippen LogP contribution in [0.25, 0.3) is 0 Å². The molecule has 1 fully saturated rings. The molecule has 0 radical (unpaired) electrons. The van der Waals surface area contributed by atoms with Crippen LogP contribution < -0.4 is 5.32 Å². The molecule has 1 aliphatic rings. The Hall–Kier alpha value is -0.450. The first-order valence-electron chi connectivity index (χ1n) is 7.42. The zero-order valence-electron chi connectivity index (χ0n) is 12.0. The number of nitrogens with one attached hydrogen (secondary N) is 1. The van der Waals surface area contributed by atoms with Crippen molar-refractivity contribution in [2.75, 3.05) is 13.7 Å². The Morgan fingerprint density at radius 1 is 1.45 bits per heavy atom.